The van der Waals surface area contributed by atoms with Gasteiger partial charge in [-0.1, -0.05) is 19.4 Å². The molecule has 0 aromatic heterocycles. The Bertz CT molecular complexity index is 808. The summed E-state index contributed by atoms with van der Waals surface area (Å²) in [6.45, 7) is 6.74. The van der Waals surface area contributed by atoms with Crippen molar-refractivity contribution in [3.05, 3.63) is 11.6 Å². The molecule has 32 heavy (non-hydrogen) atoms. The Kier molecular flexibility index (Phi) is 5.33. The molecule has 8 atom stereocenters. The highest BCUT2D eigenvalue weighted by Gasteiger charge is 2.71. The molecule has 4 aliphatic carbocycles. The van der Waals surface area contributed by atoms with Gasteiger partial charge < -0.3 is 24.4 Å². The number of ether oxygens (including phenoxy) is 3. The van der Waals surface area contributed by atoms with Crippen molar-refractivity contribution in [2.75, 3.05) is 19.8 Å². The Morgan fingerprint density at radius 1 is 1.28 bits per heavy atom. The number of aliphatic hydroxyl groups is 2. The van der Waals surface area contributed by atoms with Crippen LogP contribution in [0.5, 0.6) is 0 Å². The van der Waals surface area contributed by atoms with Gasteiger partial charge in [-0.3, -0.25) is 4.79 Å². The Labute approximate surface area is 189 Å². The topological polar surface area (TPSA) is 85.2 Å². The van der Waals surface area contributed by atoms with Crippen LogP contribution in [0.25, 0.3) is 0 Å². The highest BCUT2D eigenvalue weighted by molar-refractivity contribution is 5.66. The van der Waals surface area contributed by atoms with Crippen molar-refractivity contribution in [3.63, 3.8) is 0 Å². The number of allylic oxidation sites excluding steroid dienone is 1. The van der Waals surface area contributed by atoms with Crippen LogP contribution < -0.4 is 0 Å². The van der Waals surface area contributed by atoms with E-state index in [1.807, 2.05) is 13.0 Å². The lowest BCUT2D eigenvalue weighted by Crippen LogP contribution is -2.71. The van der Waals surface area contributed by atoms with Crippen molar-refractivity contribution < 1.29 is 33.6 Å². The first-order chi connectivity index (χ1) is 15.0. The molecule has 5 fully saturated rings. The molecular weight excluding hydrogens is 415 g/mol. The second-order valence-electron chi connectivity index (χ2n) is 11.4. The summed E-state index contributed by atoms with van der Waals surface area (Å²) < 4.78 is 32.8. The minimum Gasteiger partial charge on any atom is -0.462 e. The first-order valence-corrected chi connectivity index (χ1v) is 12.2. The summed E-state index contributed by atoms with van der Waals surface area (Å²) in [5.41, 5.74) is -1.34. The van der Waals surface area contributed by atoms with Crippen molar-refractivity contribution in [2.45, 2.75) is 89.4 Å². The first kappa shape index (κ1) is 22.8. The lowest BCUT2D eigenvalue weighted by Gasteiger charge is -2.66. The summed E-state index contributed by atoms with van der Waals surface area (Å²) in [4.78, 5) is 11.2. The standard InChI is InChI=1S/C25H37FO6/c1-15(27)30-9-6-16-4-5-18-17-12-20(26)25(29)14-24(31-10-11-32-24)8-7-23(25,3)21(17)19(28)13-22(16,18)2/h6,17-21,28-29H,4-5,7-14H2,1-3H3/b16-6+/t17-,18+,19+,20-,21-,22-,23+,25-/m0/s1. The predicted molar refractivity (Wildman–Crippen MR) is 114 cm³/mol. The molecule has 1 saturated heterocycles. The van der Waals surface area contributed by atoms with Gasteiger partial charge in [0.05, 0.1) is 19.3 Å². The van der Waals surface area contributed by atoms with Crippen molar-refractivity contribution in [3.8, 4) is 0 Å². The number of esters is 1. The zero-order valence-corrected chi connectivity index (χ0v) is 19.4. The molecule has 5 aliphatic rings. The summed E-state index contributed by atoms with van der Waals surface area (Å²) >= 11 is 0. The number of carbonyl (C=O) groups is 1. The van der Waals surface area contributed by atoms with Gasteiger partial charge in [-0.05, 0) is 61.3 Å². The van der Waals surface area contributed by atoms with Crippen molar-refractivity contribution in [2.24, 2.45) is 28.6 Å². The maximum Gasteiger partial charge on any atom is 0.302 e. The molecule has 0 unspecified atom stereocenters. The summed E-state index contributed by atoms with van der Waals surface area (Å²) in [7, 11) is 0. The number of alkyl halides is 1. The highest BCUT2D eigenvalue weighted by atomic mass is 19.1. The van der Waals surface area contributed by atoms with Gasteiger partial charge in [0.25, 0.3) is 0 Å². The number of fused-ring (bicyclic) bond motifs is 5. The third-order valence-electron chi connectivity index (χ3n) is 10.0. The quantitative estimate of drug-likeness (QED) is 0.494. The van der Waals surface area contributed by atoms with E-state index in [-0.39, 0.29) is 48.6 Å². The van der Waals surface area contributed by atoms with Gasteiger partial charge in [-0.25, -0.2) is 4.39 Å². The van der Waals surface area contributed by atoms with E-state index in [0.717, 1.165) is 12.8 Å². The molecule has 7 heteroatoms. The van der Waals surface area contributed by atoms with Crippen LogP contribution in [-0.2, 0) is 19.0 Å². The normalized spacial score (nSPS) is 50.7. The van der Waals surface area contributed by atoms with Gasteiger partial charge >= 0.3 is 5.97 Å². The number of rotatable bonds is 2. The molecule has 0 bridgehead atoms. The summed E-state index contributed by atoms with van der Waals surface area (Å²) in [6, 6.07) is 0. The fourth-order valence-electron chi connectivity index (χ4n) is 8.49. The average molecular weight is 453 g/mol. The smallest absolute Gasteiger partial charge is 0.302 e. The fourth-order valence-corrected chi connectivity index (χ4v) is 8.49. The van der Waals surface area contributed by atoms with E-state index in [0.29, 0.717) is 32.5 Å². The SMILES string of the molecule is CC(=O)OC/C=C1\CC[C@@H]2[C@@H]3C[C@H](F)[C@@]4(O)CC5(CC[C@]4(C)[C@@H]3[C@H](O)C[C@@]12C)OCCO5. The van der Waals surface area contributed by atoms with Crippen LogP contribution in [0.3, 0.4) is 0 Å². The minimum atomic E-state index is -1.57. The van der Waals surface area contributed by atoms with E-state index >= 15 is 4.39 Å². The molecule has 4 saturated carbocycles. The van der Waals surface area contributed by atoms with E-state index in [1.54, 1.807) is 0 Å². The zero-order chi connectivity index (χ0) is 22.9. The van der Waals surface area contributed by atoms with Gasteiger partial charge in [-0.15, -0.1) is 0 Å². The Morgan fingerprint density at radius 3 is 2.69 bits per heavy atom. The average Bonchev–Trinajstić information content (AvgIpc) is 3.29. The molecule has 0 radical (unpaired) electrons. The third-order valence-corrected chi connectivity index (χ3v) is 10.0. The van der Waals surface area contributed by atoms with Crippen LogP contribution in [0.15, 0.2) is 11.6 Å². The second-order valence-corrected chi connectivity index (χ2v) is 11.4. The highest BCUT2D eigenvalue weighted by Crippen LogP contribution is 2.69. The zero-order valence-electron chi connectivity index (χ0n) is 19.4. The molecule has 5 rings (SSSR count). The number of carbonyl (C=O) groups excluding carboxylic acids is 1. The molecule has 1 aliphatic heterocycles. The molecule has 1 heterocycles. The van der Waals surface area contributed by atoms with E-state index in [4.69, 9.17) is 14.2 Å². The van der Waals surface area contributed by atoms with E-state index in [1.165, 1.54) is 12.5 Å². The first-order valence-electron chi connectivity index (χ1n) is 12.2. The minimum absolute atomic E-state index is 0.00288. The lowest BCUT2D eigenvalue weighted by molar-refractivity contribution is -0.312. The van der Waals surface area contributed by atoms with Crippen LogP contribution in [-0.4, -0.2) is 59.7 Å². The van der Waals surface area contributed by atoms with E-state index < -0.39 is 29.1 Å². The van der Waals surface area contributed by atoms with E-state index in [9.17, 15) is 15.0 Å². The fraction of sp³-hybridized carbons (Fsp3) is 0.880. The third kappa shape index (κ3) is 3.07. The summed E-state index contributed by atoms with van der Waals surface area (Å²) in [6.07, 6.45) is 3.94. The van der Waals surface area contributed by atoms with Crippen LogP contribution in [0.2, 0.25) is 0 Å². The Morgan fingerprint density at radius 2 is 2.00 bits per heavy atom. The molecular formula is C25H37FO6. The molecule has 1 spiro atoms. The Balaban J connectivity index is 1.45. The second kappa shape index (κ2) is 7.49. The maximum absolute atomic E-state index is 15.9. The molecule has 0 aromatic rings. The van der Waals surface area contributed by atoms with Gasteiger partial charge in [0, 0.05) is 25.2 Å². The van der Waals surface area contributed by atoms with Crippen LogP contribution >= 0.6 is 0 Å². The number of halogens is 1. The summed E-state index contributed by atoms with van der Waals surface area (Å²) in [5.74, 6) is -1.11. The van der Waals surface area contributed by atoms with Gasteiger partial charge in [-0.2, -0.15) is 0 Å². The molecule has 180 valence electrons. The van der Waals surface area contributed by atoms with Gasteiger partial charge in [0.1, 0.15) is 18.4 Å². The van der Waals surface area contributed by atoms with Crippen LogP contribution in [0, 0.1) is 28.6 Å². The summed E-state index contributed by atoms with van der Waals surface area (Å²) in [5, 5.41) is 23.3. The van der Waals surface area contributed by atoms with Gasteiger partial charge in [0.2, 0.25) is 0 Å². The molecule has 2 N–H and O–H groups in total. The molecule has 0 aromatic carbocycles. The van der Waals surface area contributed by atoms with Crippen LogP contribution in [0.1, 0.15) is 65.7 Å². The molecule has 0 amide bonds. The molecule has 6 nitrogen and oxygen atoms in total. The van der Waals surface area contributed by atoms with Crippen molar-refractivity contribution in [1.29, 1.82) is 0 Å². The number of hydrogen-bond acceptors (Lipinski definition) is 6. The predicted octanol–water partition coefficient (Wildman–Crippen LogP) is 3.30. The maximum atomic E-state index is 15.9. The van der Waals surface area contributed by atoms with Gasteiger partial charge in [0.15, 0.2) is 5.79 Å². The largest absolute Gasteiger partial charge is 0.462 e. The lowest BCUT2D eigenvalue weighted by atomic mass is 9.42. The number of aliphatic hydroxyl groups excluding tert-OH is 1. The van der Waals surface area contributed by atoms with Crippen molar-refractivity contribution in [1.82, 2.24) is 0 Å². The Hall–Kier alpha value is -1.02. The van der Waals surface area contributed by atoms with Crippen LogP contribution in [0.4, 0.5) is 4.39 Å². The van der Waals surface area contributed by atoms with E-state index in [2.05, 4.69) is 6.92 Å². The van der Waals surface area contributed by atoms with Crippen molar-refractivity contribution >= 4 is 5.97 Å². The monoisotopic (exact) mass is 452 g/mol. The number of hydrogen-bond donors (Lipinski definition) is 2.